The summed E-state index contributed by atoms with van der Waals surface area (Å²) >= 11 is 7.25. The molecule has 9 heteroatoms. The molecule has 0 amide bonds. The SMILES string of the molecule is CCOC(=O)c1sc(C(C)NC(=NC)NCCc2ccc(Cl)cc2)nc1C.I. The number of hydrogen-bond donors (Lipinski definition) is 2. The number of benzene rings is 1. The number of aliphatic imine (C=N–C) groups is 1. The fourth-order valence-electron chi connectivity index (χ4n) is 2.43. The van der Waals surface area contributed by atoms with Crippen molar-refractivity contribution in [1.82, 2.24) is 15.6 Å². The van der Waals surface area contributed by atoms with Crippen LogP contribution in [0.15, 0.2) is 29.3 Å². The lowest BCUT2D eigenvalue weighted by molar-refractivity contribution is 0.0531. The third-order valence-corrected chi connectivity index (χ3v) is 5.41. The molecule has 0 saturated heterocycles. The van der Waals surface area contributed by atoms with E-state index in [1.54, 1.807) is 14.0 Å². The monoisotopic (exact) mass is 536 g/mol. The zero-order chi connectivity index (χ0) is 19.8. The average Bonchev–Trinajstić information content (AvgIpc) is 3.04. The Morgan fingerprint density at radius 3 is 2.64 bits per heavy atom. The van der Waals surface area contributed by atoms with Crippen LogP contribution in [0, 0.1) is 6.92 Å². The Hall–Kier alpha value is -1.39. The number of nitrogens with zero attached hydrogens (tertiary/aromatic N) is 2. The van der Waals surface area contributed by atoms with E-state index < -0.39 is 0 Å². The van der Waals surface area contributed by atoms with Gasteiger partial charge in [0.15, 0.2) is 5.96 Å². The van der Waals surface area contributed by atoms with Crippen molar-refractivity contribution in [2.75, 3.05) is 20.2 Å². The van der Waals surface area contributed by atoms with E-state index in [1.165, 1.54) is 16.9 Å². The topological polar surface area (TPSA) is 75.6 Å². The average molecular weight is 537 g/mol. The Bertz CT molecular complexity index is 796. The molecule has 0 saturated carbocycles. The number of nitrogens with one attached hydrogen (secondary N) is 2. The normalized spacial score (nSPS) is 12.1. The van der Waals surface area contributed by atoms with E-state index in [0.29, 0.717) is 23.1 Å². The van der Waals surface area contributed by atoms with Gasteiger partial charge >= 0.3 is 5.97 Å². The molecule has 28 heavy (non-hydrogen) atoms. The number of guanidine groups is 1. The smallest absolute Gasteiger partial charge is 0.350 e. The predicted octanol–water partition coefficient (Wildman–Crippen LogP) is 4.37. The Morgan fingerprint density at radius 1 is 1.36 bits per heavy atom. The highest BCUT2D eigenvalue weighted by atomic mass is 127. The minimum absolute atomic E-state index is 0. The van der Waals surface area contributed by atoms with Crippen LogP contribution in [-0.4, -0.2) is 37.1 Å². The summed E-state index contributed by atoms with van der Waals surface area (Å²) in [5, 5.41) is 8.14. The van der Waals surface area contributed by atoms with Gasteiger partial charge in [0, 0.05) is 18.6 Å². The van der Waals surface area contributed by atoms with E-state index in [9.17, 15) is 4.79 Å². The second-order valence-electron chi connectivity index (χ2n) is 5.93. The molecule has 1 atom stereocenters. The Labute approximate surface area is 192 Å². The quantitative estimate of drug-likeness (QED) is 0.238. The van der Waals surface area contributed by atoms with Gasteiger partial charge in [-0.05, 0) is 44.9 Å². The van der Waals surface area contributed by atoms with Crippen LogP contribution < -0.4 is 10.6 Å². The number of aromatic nitrogens is 1. The molecule has 2 N–H and O–H groups in total. The number of ether oxygens (including phenoxy) is 1. The molecule has 1 aromatic heterocycles. The van der Waals surface area contributed by atoms with Crippen molar-refractivity contribution in [1.29, 1.82) is 0 Å². The zero-order valence-electron chi connectivity index (χ0n) is 16.4. The summed E-state index contributed by atoms with van der Waals surface area (Å²) in [5.74, 6) is 0.360. The molecule has 154 valence electrons. The molecule has 0 bridgehead atoms. The van der Waals surface area contributed by atoms with Gasteiger partial charge < -0.3 is 15.4 Å². The van der Waals surface area contributed by atoms with E-state index in [-0.39, 0.29) is 36.0 Å². The molecule has 1 unspecified atom stereocenters. The van der Waals surface area contributed by atoms with Crippen molar-refractivity contribution in [3.63, 3.8) is 0 Å². The predicted molar refractivity (Wildman–Crippen MR) is 126 cm³/mol. The molecular formula is C19H26ClIN4O2S. The van der Waals surface area contributed by atoms with Crippen molar-refractivity contribution in [3.8, 4) is 0 Å². The number of hydrogen-bond acceptors (Lipinski definition) is 5. The molecule has 0 aliphatic heterocycles. The standard InChI is InChI=1S/C19H25ClN4O2S.HI/c1-5-26-18(25)16-12(2)23-17(27-16)13(3)24-19(21-4)22-11-10-14-6-8-15(20)9-7-14;/h6-9,13H,5,10-11H2,1-4H3,(H2,21,22,24);1H. The third kappa shape index (κ3) is 7.21. The van der Waals surface area contributed by atoms with Crippen LogP contribution in [0.2, 0.25) is 5.02 Å². The van der Waals surface area contributed by atoms with Gasteiger partial charge in [-0.15, -0.1) is 35.3 Å². The van der Waals surface area contributed by atoms with Gasteiger partial charge in [-0.1, -0.05) is 23.7 Å². The summed E-state index contributed by atoms with van der Waals surface area (Å²) in [6.45, 7) is 6.68. The molecule has 2 aromatic rings. The second kappa shape index (κ2) is 12.2. The van der Waals surface area contributed by atoms with Crippen LogP contribution in [0.5, 0.6) is 0 Å². The molecule has 0 radical (unpaired) electrons. The van der Waals surface area contributed by atoms with Gasteiger partial charge in [-0.3, -0.25) is 4.99 Å². The first kappa shape index (κ1) is 24.6. The number of carbonyl (C=O) groups is 1. The number of esters is 1. The second-order valence-corrected chi connectivity index (χ2v) is 7.40. The highest BCUT2D eigenvalue weighted by Crippen LogP contribution is 2.24. The van der Waals surface area contributed by atoms with E-state index in [1.807, 2.05) is 38.1 Å². The third-order valence-electron chi connectivity index (χ3n) is 3.84. The molecule has 2 rings (SSSR count). The van der Waals surface area contributed by atoms with E-state index in [0.717, 1.165) is 23.0 Å². The first-order chi connectivity index (χ1) is 12.9. The first-order valence-corrected chi connectivity index (χ1v) is 10.00. The maximum atomic E-state index is 12.0. The largest absolute Gasteiger partial charge is 0.462 e. The Morgan fingerprint density at radius 2 is 2.04 bits per heavy atom. The summed E-state index contributed by atoms with van der Waals surface area (Å²) in [5.41, 5.74) is 1.89. The van der Waals surface area contributed by atoms with Gasteiger partial charge in [0.2, 0.25) is 0 Å². The summed E-state index contributed by atoms with van der Waals surface area (Å²) in [4.78, 5) is 21.3. The van der Waals surface area contributed by atoms with Gasteiger partial charge in [0.05, 0.1) is 18.3 Å². The lowest BCUT2D eigenvalue weighted by atomic mass is 10.1. The summed E-state index contributed by atoms with van der Waals surface area (Å²) in [6.07, 6.45) is 0.857. The lowest BCUT2D eigenvalue weighted by Crippen LogP contribution is -2.39. The molecule has 1 aromatic carbocycles. The van der Waals surface area contributed by atoms with Crippen molar-refractivity contribution >= 4 is 58.8 Å². The van der Waals surface area contributed by atoms with Crippen LogP contribution >= 0.6 is 46.9 Å². The van der Waals surface area contributed by atoms with Crippen LogP contribution in [-0.2, 0) is 11.2 Å². The van der Waals surface area contributed by atoms with Crippen molar-refractivity contribution in [3.05, 3.63) is 50.4 Å². The number of carbonyl (C=O) groups excluding carboxylic acids is 1. The van der Waals surface area contributed by atoms with Crippen LogP contribution in [0.25, 0.3) is 0 Å². The molecule has 0 aliphatic rings. The molecule has 0 aliphatic carbocycles. The minimum Gasteiger partial charge on any atom is -0.462 e. The molecule has 0 spiro atoms. The van der Waals surface area contributed by atoms with Crippen molar-refractivity contribution in [2.24, 2.45) is 4.99 Å². The van der Waals surface area contributed by atoms with Crippen molar-refractivity contribution < 1.29 is 9.53 Å². The molecule has 6 nitrogen and oxygen atoms in total. The van der Waals surface area contributed by atoms with Crippen LogP contribution in [0.3, 0.4) is 0 Å². The zero-order valence-corrected chi connectivity index (χ0v) is 20.3. The minimum atomic E-state index is -0.323. The maximum Gasteiger partial charge on any atom is 0.350 e. The first-order valence-electron chi connectivity index (χ1n) is 8.80. The van der Waals surface area contributed by atoms with E-state index in [2.05, 4.69) is 20.6 Å². The Kier molecular flexibility index (Phi) is 10.8. The van der Waals surface area contributed by atoms with Gasteiger partial charge in [0.25, 0.3) is 0 Å². The highest BCUT2D eigenvalue weighted by molar-refractivity contribution is 14.0. The van der Waals surface area contributed by atoms with Crippen LogP contribution in [0.1, 0.15) is 45.8 Å². The van der Waals surface area contributed by atoms with Crippen LogP contribution in [0.4, 0.5) is 0 Å². The Balaban J connectivity index is 0.00000392. The highest BCUT2D eigenvalue weighted by Gasteiger charge is 2.20. The van der Waals surface area contributed by atoms with Gasteiger partial charge in [0.1, 0.15) is 9.88 Å². The van der Waals surface area contributed by atoms with Gasteiger partial charge in [-0.2, -0.15) is 0 Å². The number of aryl methyl sites for hydroxylation is 1. The summed E-state index contributed by atoms with van der Waals surface area (Å²) < 4.78 is 5.07. The van der Waals surface area contributed by atoms with Gasteiger partial charge in [-0.25, -0.2) is 9.78 Å². The number of rotatable bonds is 7. The molecule has 1 heterocycles. The van der Waals surface area contributed by atoms with E-state index in [4.69, 9.17) is 16.3 Å². The number of halogens is 2. The summed E-state index contributed by atoms with van der Waals surface area (Å²) in [6, 6.07) is 7.71. The number of thiazole rings is 1. The summed E-state index contributed by atoms with van der Waals surface area (Å²) in [7, 11) is 1.72. The fourth-order valence-corrected chi connectivity index (χ4v) is 3.52. The van der Waals surface area contributed by atoms with E-state index >= 15 is 0 Å². The molecule has 0 fully saturated rings. The lowest BCUT2D eigenvalue weighted by Gasteiger charge is -2.16. The maximum absolute atomic E-state index is 12.0. The fraction of sp³-hybridized carbons (Fsp3) is 0.421. The van der Waals surface area contributed by atoms with Crippen molar-refractivity contribution in [2.45, 2.75) is 33.2 Å². The molecular weight excluding hydrogens is 511 g/mol.